The van der Waals surface area contributed by atoms with Gasteiger partial charge in [-0.05, 0) is 30.3 Å². The number of nitrogens with two attached hydrogens (primary N) is 1. The number of halogens is 1. The van der Waals surface area contributed by atoms with Gasteiger partial charge in [0.1, 0.15) is 11.3 Å². The molecule has 6 nitrogen and oxygen atoms in total. The van der Waals surface area contributed by atoms with Gasteiger partial charge >= 0.3 is 0 Å². The number of thiazole rings is 1. The lowest BCUT2D eigenvalue weighted by Gasteiger charge is -2.14. The molecule has 30 heavy (non-hydrogen) atoms. The monoisotopic (exact) mass is 412 g/mol. The third-order valence-electron chi connectivity index (χ3n) is 5.10. The molecular formula is C22H13FN6S. The van der Waals surface area contributed by atoms with E-state index in [1.54, 1.807) is 29.8 Å². The van der Waals surface area contributed by atoms with Crippen molar-refractivity contribution in [2.24, 2.45) is 0 Å². The first-order chi connectivity index (χ1) is 14.7. The van der Waals surface area contributed by atoms with Gasteiger partial charge in [-0.3, -0.25) is 9.38 Å². The van der Waals surface area contributed by atoms with Gasteiger partial charge in [-0.2, -0.15) is 0 Å². The van der Waals surface area contributed by atoms with Gasteiger partial charge < -0.3 is 5.73 Å². The van der Waals surface area contributed by atoms with Crippen molar-refractivity contribution in [3.63, 3.8) is 0 Å². The number of hydrogen-bond donors (Lipinski definition) is 1. The van der Waals surface area contributed by atoms with Gasteiger partial charge in [-0.25, -0.2) is 19.3 Å². The summed E-state index contributed by atoms with van der Waals surface area (Å²) in [6.07, 6.45) is 5.05. The van der Waals surface area contributed by atoms with E-state index in [4.69, 9.17) is 5.73 Å². The van der Waals surface area contributed by atoms with Crippen molar-refractivity contribution < 1.29 is 4.39 Å². The summed E-state index contributed by atoms with van der Waals surface area (Å²) in [4.78, 5) is 17.5. The van der Waals surface area contributed by atoms with E-state index in [9.17, 15) is 4.39 Å². The van der Waals surface area contributed by atoms with E-state index >= 15 is 0 Å². The van der Waals surface area contributed by atoms with Crippen molar-refractivity contribution in [1.82, 2.24) is 24.3 Å². The molecule has 0 saturated heterocycles. The number of rotatable bonds is 2. The second-order valence-electron chi connectivity index (χ2n) is 6.88. The van der Waals surface area contributed by atoms with Gasteiger partial charge in [0.2, 0.25) is 0 Å². The zero-order chi connectivity index (χ0) is 20.2. The van der Waals surface area contributed by atoms with E-state index in [0.717, 1.165) is 15.8 Å². The zero-order valence-electron chi connectivity index (χ0n) is 15.5. The average Bonchev–Trinajstić information content (AvgIpc) is 3.43. The van der Waals surface area contributed by atoms with Crippen LogP contribution in [0.2, 0.25) is 0 Å². The molecule has 0 saturated carbocycles. The van der Waals surface area contributed by atoms with Crippen LogP contribution in [0, 0.1) is 5.82 Å². The molecule has 0 bridgehead atoms. The Labute approximate surface area is 173 Å². The predicted molar refractivity (Wildman–Crippen MR) is 117 cm³/mol. The Kier molecular flexibility index (Phi) is 3.57. The van der Waals surface area contributed by atoms with Crippen molar-refractivity contribution >= 4 is 43.9 Å². The quantitative estimate of drug-likeness (QED) is 0.435. The molecule has 0 aliphatic carbocycles. The lowest BCUT2D eigenvalue weighted by atomic mass is 10.0. The number of anilines is 1. The van der Waals surface area contributed by atoms with Crippen LogP contribution in [0.4, 0.5) is 10.2 Å². The highest BCUT2D eigenvalue weighted by atomic mass is 32.1. The molecule has 8 heteroatoms. The molecule has 0 atom stereocenters. The summed E-state index contributed by atoms with van der Waals surface area (Å²) in [7, 11) is 0. The lowest BCUT2D eigenvalue weighted by Crippen LogP contribution is -2.04. The van der Waals surface area contributed by atoms with Crippen LogP contribution in [-0.2, 0) is 0 Å². The van der Waals surface area contributed by atoms with Gasteiger partial charge in [0, 0.05) is 35.1 Å². The number of fused-ring (bicyclic) bond motifs is 3. The van der Waals surface area contributed by atoms with Crippen LogP contribution in [0.1, 0.15) is 0 Å². The largest absolute Gasteiger partial charge is 0.381 e. The second kappa shape index (κ2) is 6.30. The minimum atomic E-state index is -0.392. The standard InChI is InChI=1S/C22H13FN6S/c23-15-9-14(8-12-2-1-5-25-18(12)15)20-19(28-21(24)22-26-6-7-29(20)22)13-3-4-16-17(10-13)30-11-27-16/h1-11H,(H2,24,28). The fourth-order valence-electron chi connectivity index (χ4n) is 3.77. The number of hydrogen-bond acceptors (Lipinski definition) is 6. The predicted octanol–water partition coefficient (Wildman–Crippen LogP) is 4.94. The van der Waals surface area contributed by atoms with Crippen LogP contribution in [0.25, 0.3) is 49.3 Å². The molecule has 144 valence electrons. The highest BCUT2D eigenvalue weighted by Crippen LogP contribution is 2.36. The molecule has 0 aliphatic heterocycles. The molecule has 6 aromatic rings. The third kappa shape index (κ3) is 2.47. The Bertz CT molecular complexity index is 1590. The minimum Gasteiger partial charge on any atom is -0.381 e. The summed E-state index contributed by atoms with van der Waals surface area (Å²) in [5.74, 6) is -0.0804. The number of imidazole rings is 1. The highest BCUT2D eigenvalue weighted by molar-refractivity contribution is 7.16. The van der Waals surface area contributed by atoms with Crippen LogP contribution in [0.15, 0.2) is 66.6 Å². The number of nitrogen functional groups attached to an aromatic ring is 1. The summed E-state index contributed by atoms with van der Waals surface area (Å²) < 4.78 is 17.8. The highest BCUT2D eigenvalue weighted by Gasteiger charge is 2.19. The summed E-state index contributed by atoms with van der Waals surface area (Å²) >= 11 is 1.55. The van der Waals surface area contributed by atoms with Crippen molar-refractivity contribution in [2.45, 2.75) is 0 Å². The maximum absolute atomic E-state index is 14.9. The molecule has 4 aromatic heterocycles. The first-order valence-electron chi connectivity index (χ1n) is 9.20. The molecule has 2 aromatic carbocycles. The maximum Gasteiger partial charge on any atom is 0.180 e. The Morgan fingerprint density at radius 1 is 0.967 bits per heavy atom. The van der Waals surface area contributed by atoms with Gasteiger partial charge in [0.05, 0.1) is 27.1 Å². The summed E-state index contributed by atoms with van der Waals surface area (Å²) in [5.41, 5.74) is 12.7. The van der Waals surface area contributed by atoms with E-state index in [2.05, 4.69) is 19.9 Å². The van der Waals surface area contributed by atoms with Crippen LogP contribution < -0.4 is 5.73 Å². The summed E-state index contributed by atoms with van der Waals surface area (Å²) in [5, 5.41) is 0.710. The third-order valence-corrected chi connectivity index (χ3v) is 5.90. The summed E-state index contributed by atoms with van der Waals surface area (Å²) in [6, 6.07) is 13.0. The molecule has 0 fully saturated rings. The number of benzene rings is 2. The molecule has 2 N–H and O–H groups in total. The van der Waals surface area contributed by atoms with Gasteiger partial charge in [0.25, 0.3) is 0 Å². The van der Waals surface area contributed by atoms with Gasteiger partial charge in [0.15, 0.2) is 11.5 Å². The number of aromatic nitrogens is 5. The molecule has 0 amide bonds. The lowest BCUT2D eigenvalue weighted by molar-refractivity contribution is 0.637. The van der Waals surface area contributed by atoms with Crippen molar-refractivity contribution in [1.29, 1.82) is 0 Å². The van der Waals surface area contributed by atoms with E-state index in [-0.39, 0.29) is 0 Å². The Hall–Kier alpha value is -3.91. The van der Waals surface area contributed by atoms with Crippen LogP contribution in [0.3, 0.4) is 0 Å². The van der Waals surface area contributed by atoms with Crippen LogP contribution >= 0.6 is 11.3 Å². The Morgan fingerprint density at radius 2 is 1.90 bits per heavy atom. The van der Waals surface area contributed by atoms with E-state index in [1.807, 2.05) is 46.4 Å². The molecule has 0 unspecified atom stereocenters. The van der Waals surface area contributed by atoms with Crippen molar-refractivity contribution in [3.8, 4) is 22.5 Å². The molecule has 0 radical (unpaired) electrons. The smallest absolute Gasteiger partial charge is 0.180 e. The maximum atomic E-state index is 14.9. The fourth-order valence-corrected chi connectivity index (χ4v) is 4.49. The van der Waals surface area contributed by atoms with E-state index in [0.29, 0.717) is 39.3 Å². The van der Waals surface area contributed by atoms with Crippen molar-refractivity contribution in [3.05, 3.63) is 72.4 Å². The van der Waals surface area contributed by atoms with E-state index < -0.39 is 5.82 Å². The fraction of sp³-hybridized carbons (Fsp3) is 0. The second-order valence-corrected chi connectivity index (χ2v) is 7.77. The first kappa shape index (κ1) is 17.0. The van der Waals surface area contributed by atoms with E-state index in [1.165, 1.54) is 6.07 Å². The van der Waals surface area contributed by atoms with Gasteiger partial charge in [-0.15, -0.1) is 11.3 Å². The van der Waals surface area contributed by atoms with Crippen LogP contribution in [-0.4, -0.2) is 24.3 Å². The van der Waals surface area contributed by atoms with Gasteiger partial charge in [-0.1, -0.05) is 12.1 Å². The van der Waals surface area contributed by atoms with Crippen molar-refractivity contribution in [2.75, 3.05) is 5.73 Å². The zero-order valence-corrected chi connectivity index (χ0v) is 16.3. The average molecular weight is 412 g/mol. The van der Waals surface area contributed by atoms with Crippen LogP contribution in [0.5, 0.6) is 0 Å². The number of nitrogens with zero attached hydrogens (tertiary/aromatic N) is 5. The first-order valence-corrected chi connectivity index (χ1v) is 10.1. The SMILES string of the molecule is Nc1nc(-c2ccc3ncsc3c2)c(-c2cc(F)c3ncccc3c2)n2ccnc12. The Balaban J connectivity index is 1.71. The number of pyridine rings is 1. The summed E-state index contributed by atoms with van der Waals surface area (Å²) in [6.45, 7) is 0. The topological polar surface area (TPSA) is 82.0 Å². The molecular weight excluding hydrogens is 399 g/mol. The Morgan fingerprint density at radius 3 is 2.83 bits per heavy atom. The normalized spacial score (nSPS) is 11.6. The molecule has 4 heterocycles. The molecule has 0 spiro atoms. The molecule has 0 aliphatic rings. The molecule has 6 rings (SSSR count). The minimum absolute atomic E-state index is 0.311.